The van der Waals surface area contributed by atoms with Gasteiger partial charge in [0.1, 0.15) is 24.0 Å². The number of fused-ring (bicyclic) bond motifs is 1. The summed E-state index contributed by atoms with van der Waals surface area (Å²) in [6, 6.07) is 8.58. The van der Waals surface area contributed by atoms with E-state index in [1.807, 2.05) is 32.9 Å². The summed E-state index contributed by atoms with van der Waals surface area (Å²) >= 11 is 6.29. The van der Waals surface area contributed by atoms with E-state index in [4.69, 9.17) is 16.3 Å². The fourth-order valence-electron chi connectivity index (χ4n) is 4.80. The minimum atomic E-state index is -0.662. The zero-order chi connectivity index (χ0) is 26.7. The molecule has 1 aromatic heterocycles. The highest BCUT2D eigenvalue weighted by Gasteiger charge is 2.25. The summed E-state index contributed by atoms with van der Waals surface area (Å²) in [7, 11) is 0. The van der Waals surface area contributed by atoms with Crippen LogP contribution >= 0.6 is 11.6 Å². The third-order valence-electron chi connectivity index (χ3n) is 7.21. The average molecular weight is 525 g/mol. The zero-order valence-electron chi connectivity index (χ0n) is 21.9. The predicted octanol–water partition coefficient (Wildman–Crippen LogP) is 7.35. The Kier molecular flexibility index (Phi) is 8.27. The number of halogens is 2. The molecule has 0 spiro atoms. The van der Waals surface area contributed by atoms with Crippen molar-refractivity contribution in [1.82, 2.24) is 9.97 Å². The minimum absolute atomic E-state index is 0.0333. The molecule has 1 heterocycles. The first-order chi connectivity index (χ1) is 17.5. The molecule has 196 valence electrons. The van der Waals surface area contributed by atoms with Crippen LogP contribution in [0.2, 0.25) is 5.02 Å². The van der Waals surface area contributed by atoms with Gasteiger partial charge in [0.25, 0.3) is 0 Å². The summed E-state index contributed by atoms with van der Waals surface area (Å²) in [6.07, 6.45) is 6.11. The monoisotopic (exact) mass is 524 g/mol. The molecule has 2 aromatic carbocycles. The lowest BCUT2D eigenvalue weighted by Crippen LogP contribution is -2.23. The van der Waals surface area contributed by atoms with Gasteiger partial charge in [-0.05, 0) is 61.3 Å². The highest BCUT2D eigenvalue weighted by molar-refractivity contribution is 6.34. The molecule has 1 aliphatic rings. The molecule has 0 N–H and O–H groups in total. The van der Waals surface area contributed by atoms with Gasteiger partial charge >= 0.3 is 0 Å². The molecule has 5 nitrogen and oxygen atoms in total. The predicted molar refractivity (Wildman–Crippen MR) is 144 cm³/mol. The quantitative estimate of drug-likeness (QED) is 0.288. The molecule has 3 aromatic rings. The maximum absolute atomic E-state index is 15.4. The van der Waals surface area contributed by atoms with Crippen molar-refractivity contribution in [2.75, 3.05) is 0 Å². The molecule has 1 fully saturated rings. The molecule has 0 unspecified atom stereocenters. The molecule has 0 radical (unpaired) electrons. The van der Waals surface area contributed by atoms with Crippen molar-refractivity contribution in [2.45, 2.75) is 78.7 Å². The van der Waals surface area contributed by atoms with E-state index in [0.717, 1.165) is 31.1 Å². The second kappa shape index (κ2) is 11.3. The van der Waals surface area contributed by atoms with Gasteiger partial charge in [-0.15, -0.1) is 0 Å². The SMILES string of the molecule is CC1CCC(Oc2ncnc3c(CC(=O)c4c(Cl)ccc(CCC(=O)C(C)(C)C)c4F)cccc23)CC1. The molecular weight excluding hydrogens is 491 g/mol. The second-order valence-corrected chi connectivity index (χ2v) is 11.6. The second-order valence-electron chi connectivity index (χ2n) is 11.2. The number of rotatable bonds is 8. The summed E-state index contributed by atoms with van der Waals surface area (Å²) in [5, 5.41) is 0.784. The van der Waals surface area contributed by atoms with Crippen molar-refractivity contribution in [2.24, 2.45) is 11.3 Å². The Labute approximate surface area is 222 Å². The van der Waals surface area contributed by atoms with E-state index in [-0.39, 0.29) is 41.7 Å². The van der Waals surface area contributed by atoms with Crippen LogP contribution in [-0.4, -0.2) is 27.6 Å². The first kappa shape index (κ1) is 27.2. The Bertz CT molecular complexity index is 1310. The zero-order valence-corrected chi connectivity index (χ0v) is 22.7. The van der Waals surface area contributed by atoms with Crippen LogP contribution < -0.4 is 4.74 Å². The molecule has 0 aliphatic heterocycles. The van der Waals surface area contributed by atoms with E-state index in [1.165, 1.54) is 12.4 Å². The number of hydrogen-bond acceptors (Lipinski definition) is 5. The number of hydrogen-bond donors (Lipinski definition) is 0. The third kappa shape index (κ3) is 6.35. The van der Waals surface area contributed by atoms with Crippen LogP contribution in [0.25, 0.3) is 10.9 Å². The van der Waals surface area contributed by atoms with Crippen molar-refractivity contribution >= 4 is 34.1 Å². The fourth-order valence-corrected chi connectivity index (χ4v) is 5.05. The first-order valence-corrected chi connectivity index (χ1v) is 13.3. The van der Waals surface area contributed by atoms with Crippen molar-refractivity contribution < 1.29 is 18.7 Å². The average Bonchev–Trinajstić information content (AvgIpc) is 2.85. The van der Waals surface area contributed by atoms with Gasteiger partial charge in [0.15, 0.2) is 5.78 Å². The number of carbonyl (C=O) groups is 2. The van der Waals surface area contributed by atoms with Crippen LogP contribution in [-0.2, 0) is 17.6 Å². The van der Waals surface area contributed by atoms with E-state index in [2.05, 4.69) is 16.9 Å². The number of ether oxygens (including phenoxy) is 1. The highest BCUT2D eigenvalue weighted by Crippen LogP contribution is 2.31. The Morgan fingerprint density at radius 3 is 2.49 bits per heavy atom. The van der Waals surface area contributed by atoms with Gasteiger partial charge in [-0.1, -0.05) is 57.5 Å². The van der Waals surface area contributed by atoms with Crippen LogP contribution in [0, 0.1) is 17.2 Å². The smallest absolute Gasteiger partial charge is 0.224 e. The summed E-state index contributed by atoms with van der Waals surface area (Å²) < 4.78 is 21.7. The van der Waals surface area contributed by atoms with E-state index in [0.29, 0.717) is 28.4 Å². The normalized spacial score (nSPS) is 18.1. The lowest BCUT2D eigenvalue weighted by molar-refractivity contribution is -0.126. The van der Waals surface area contributed by atoms with E-state index >= 15 is 4.39 Å². The van der Waals surface area contributed by atoms with Crippen LogP contribution in [0.4, 0.5) is 4.39 Å². The topological polar surface area (TPSA) is 69.2 Å². The number of benzene rings is 2. The van der Waals surface area contributed by atoms with E-state index < -0.39 is 17.0 Å². The lowest BCUT2D eigenvalue weighted by Gasteiger charge is -2.26. The molecule has 0 bridgehead atoms. The Morgan fingerprint density at radius 2 is 1.78 bits per heavy atom. The van der Waals surface area contributed by atoms with Crippen LogP contribution in [0.5, 0.6) is 5.88 Å². The van der Waals surface area contributed by atoms with Crippen molar-refractivity contribution in [3.05, 3.63) is 64.2 Å². The standard InChI is InChI=1S/C30H34ClFN2O3/c1-18-8-12-21(13-9-18)37-29-22-7-5-6-20(28(22)33-17-34-29)16-24(35)26-23(31)14-10-19(27(26)32)11-15-25(36)30(2,3)4/h5-7,10,14,17-18,21H,8-9,11-13,15-16H2,1-4H3. The van der Waals surface area contributed by atoms with Crippen molar-refractivity contribution in [3.8, 4) is 5.88 Å². The van der Waals surface area contributed by atoms with Gasteiger partial charge in [-0.3, -0.25) is 9.59 Å². The summed E-state index contributed by atoms with van der Waals surface area (Å²) in [5.74, 6) is 0.148. The fraction of sp³-hybridized carbons (Fsp3) is 0.467. The molecule has 37 heavy (non-hydrogen) atoms. The van der Waals surface area contributed by atoms with E-state index in [9.17, 15) is 9.59 Å². The van der Waals surface area contributed by atoms with Gasteiger partial charge in [-0.2, -0.15) is 0 Å². The van der Waals surface area contributed by atoms with Gasteiger partial charge < -0.3 is 4.74 Å². The number of Topliss-reactive ketones (excluding diaryl/α,β-unsaturated/α-hetero) is 2. The third-order valence-corrected chi connectivity index (χ3v) is 7.53. The number of carbonyl (C=O) groups excluding carboxylic acids is 2. The van der Waals surface area contributed by atoms with E-state index in [1.54, 1.807) is 12.1 Å². The summed E-state index contributed by atoms with van der Waals surface area (Å²) in [6.45, 7) is 7.77. The van der Waals surface area contributed by atoms with Crippen molar-refractivity contribution in [1.29, 1.82) is 0 Å². The Hall–Kier alpha value is -2.86. The maximum Gasteiger partial charge on any atom is 0.224 e. The number of ketones is 2. The lowest BCUT2D eigenvalue weighted by atomic mass is 9.87. The first-order valence-electron chi connectivity index (χ1n) is 13.0. The number of aryl methyl sites for hydroxylation is 1. The van der Waals surface area contributed by atoms with Gasteiger partial charge in [0.05, 0.1) is 21.5 Å². The van der Waals surface area contributed by atoms with Crippen LogP contribution in [0.1, 0.15) is 81.3 Å². The molecule has 1 aliphatic carbocycles. The van der Waals surface area contributed by atoms with Crippen molar-refractivity contribution in [3.63, 3.8) is 0 Å². The number of para-hydroxylation sites is 1. The number of aromatic nitrogens is 2. The maximum atomic E-state index is 15.4. The Balaban J connectivity index is 1.56. The van der Waals surface area contributed by atoms with Gasteiger partial charge in [0.2, 0.25) is 5.88 Å². The molecule has 0 amide bonds. The summed E-state index contributed by atoms with van der Waals surface area (Å²) in [4.78, 5) is 34.4. The largest absolute Gasteiger partial charge is 0.474 e. The molecule has 1 saturated carbocycles. The highest BCUT2D eigenvalue weighted by atomic mass is 35.5. The molecule has 0 atom stereocenters. The van der Waals surface area contributed by atoms with Crippen LogP contribution in [0.15, 0.2) is 36.7 Å². The molecular formula is C30H34ClFN2O3. The Morgan fingerprint density at radius 1 is 1.05 bits per heavy atom. The molecule has 4 rings (SSSR count). The molecule has 0 saturated heterocycles. The minimum Gasteiger partial charge on any atom is -0.474 e. The molecule has 7 heteroatoms. The number of nitrogens with zero attached hydrogens (tertiary/aromatic N) is 2. The summed E-state index contributed by atoms with van der Waals surface area (Å²) in [5.41, 5.74) is 0.907. The van der Waals surface area contributed by atoms with Gasteiger partial charge in [-0.25, -0.2) is 14.4 Å². The van der Waals surface area contributed by atoms with Gasteiger partial charge in [0, 0.05) is 18.3 Å². The van der Waals surface area contributed by atoms with Crippen LogP contribution in [0.3, 0.4) is 0 Å².